The molecule has 0 amide bonds. The first-order valence-corrected chi connectivity index (χ1v) is 5.40. The fraction of sp³-hybridized carbons (Fsp3) is 0.583. The molecule has 0 aliphatic rings. The minimum atomic E-state index is -0.649. The van der Waals surface area contributed by atoms with Crippen LogP contribution in [-0.4, -0.2) is 9.13 Å². The molecule has 5 nitrogen and oxygen atoms in total. The van der Waals surface area contributed by atoms with Crippen molar-refractivity contribution in [3.8, 4) is 6.07 Å². The van der Waals surface area contributed by atoms with Crippen molar-refractivity contribution in [3.63, 3.8) is 0 Å². The largest absolute Gasteiger partial charge is 0.330 e. The van der Waals surface area contributed by atoms with E-state index in [1.165, 1.54) is 17.8 Å². The molecule has 0 saturated heterocycles. The number of aryl methyl sites for hydroxylation is 1. The molecule has 1 aromatic rings. The van der Waals surface area contributed by atoms with Crippen LogP contribution in [0.5, 0.6) is 0 Å². The number of rotatable bonds is 2. The van der Waals surface area contributed by atoms with E-state index in [1.807, 2.05) is 6.92 Å². The Balaban J connectivity index is 3.51. The Kier molecular flexibility index (Phi) is 3.28. The van der Waals surface area contributed by atoms with Crippen molar-refractivity contribution in [2.24, 2.45) is 19.5 Å². The van der Waals surface area contributed by atoms with Crippen LogP contribution in [0.15, 0.2) is 15.8 Å². The zero-order chi connectivity index (χ0) is 13.4. The summed E-state index contributed by atoms with van der Waals surface area (Å²) >= 11 is 0. The van der Waals surface area contributed by atoms with E-state index in [2.05, 4.69) is 6.07 Å². The average molecular weight is 235 g/mol. The van der Waals surface area contributed by atoms with Gasteiger partial charge in [-0.2, -0.15) is 5.26 Å². The lowest BCUT2D eigenvalue weighted by Crippen LogP contribution is -2.40. The fourth-order valence-corrected chi connectivity index (χ4v) is 1.62. The number of nitriles is 1. The normalized spacial score (nSPS) is 13.2. The summed E-state index contributed by atoms with van der Waals surface area (Å²) in [6, 6.07) is 2.18. The highest BCUT2D eigenvalue weighted by molar-refractivity contribution is 5.18. The Labute approximate surface area is 99.9 Å². The highest BCUT2D eigenvalue weighted by atomic mass is 16.2. The monoisotopic (exact) mass is 235 g/mol. The van der Waals surface area contributed by atoms with Gasteiger partial charge in [-0.15, -0.1) is 0 Å². The van der Waals surface area contributed by atoms with Crippen LogP contribution in [0.1, 0.15) is 32.3 Å². The zero-order valence-electron chi connectivity index (χ0n) is 10.8. The SMILES string of the molecule is CC(c1cn(C)c(=O)n(C)c1=O)C(C)(C)C#N. The van der Waals surface area contributed by atoms with Gasteiger partial charge in [0.1, 0.15) is 0 Å². The van der Waals surface area contributed by atoms with E-state index in [-0.39, 0.29) is 17.2 Å². The van der Waals surface area contributed by atoms with Gasteiger partial charge in [-0.05, 0) is 13.8 Å². The second kappa shape index (κ2) is 4.21. The average Bonchev–Trinajstić information content (AvgIpc) is 2.30. The molecule has 0 aromatic carbocycles. The molecule has 1 aromatic heterocycles. The quantitative estimate of drug-likeness (QED) is 0.759. The Morgan fingerprint density at radius 2 is 1.88 bits per heavy atom. The Morgan fingerprint density at radius 1 is 1.35 bits per heavy atom. The van der Waals surface area contributed by atoms with Gasteiger partial charge in [0.2, 0.25) is 0 Å². The first-order chi connectivity index (χ1) is 7.72. The first-order valence-electron chi connectivity index (χ1n) is 5.40. The maximum Gasteiger partial charge on any atom is 0.330 e. The fourth-order valence-electron chi connectivity index (χ4n) is 1.62. The third-order valence-electron chi connectivity index (χ3n) is 3.31. The molecule has 0 bridgehead atoms. The topological polar surface area (TPSA) is 67.8 Å². The van der Waals surface area contributed by atoms with Crippen molar-refractivity contribution >= 4 is 0 Å². The second-order valence-corrected chi connectivity index (χ2v) is 4.90. The second-order valence-electron chi connectivity index (χ2n) is 4.90. The van der Waals surface area contributed by atoms with Crippen LogP contribution in [-0.2, 0) is 14.1 Å². The highest BCUT2D eigenvalue weighted by Crippen LogP contribution is 2.32. The Bertz CT molecular complexity index is 587. The van der Waals surface area contributed by atoms with Crippen molar-refractivity contribution in [2.45, 2.75) is 26.7 Å². The van der Waals surface area contributed by atoms with Crippen LogP contribution < -0.4 is 11.2 Å². The Hall–Kier alpha value is -1.83. The van der Waals surface area contributed by atoms with E-state index in [9.17, 15) is 9.59 Å². The van der Waals surface area contributed by atoms with Gasteiger partial charge in [-0.25, -0.2) is 4.79 Å². The van der Waals surface area contributed by atoms with E-state index in [1.54, 1.807) is 20.9 Å². The van der Waals surface area contributed by atoms with Crippen molar-refractivity contribution in [1.82, 2.24) is 9.13 Å². The standard InChI is InChI=1S/C12H17N3O2/c1-8(12(2,3)7-13)9-6-14(4)11(17)15(5)10(9)16/h6,8H,1-5H3. The van der Waals surface area contributed by atoms with Crippen molar-refractivity contribution in [1.29, 1.82) is 5.26 Å². The molecular formula is C12H17N3O2. The van der Waals surface area contributed by atoms with Crippen molar-refractivity contribution in [3.05, 3.63) is 32.6 Å². The molecule has 1 atom stereocenters. The van der Waals surface area contributed by atoms with Crippen LogP contribution in [0.25, 0.3) is 0 Å². The lowest BCUT2D eigenvalue weighted by molar-refractivity contribution is 0.400. The van der Waals surface area contributed by atoms with Crippen LogP contribution in [0.3, 0.4) is 0 Å². The predicted octanol–water partition coefficient (Wildman–Crippen LogP) is 0.737. The molecule has 0 aliphatic carbocycles. The predicted molar refractivity (Wildman–Crippen MR) is 64.7 cm³/mol. The number of hydrogen-bond donors (Lipinski definition) is 0. The summed E-state index contributed by atoms with van der Waals surface area (Å²) in [6.45, 7) is 5.38. The summed E-state index contributed by atoms with van der Waals surface area (Å²) < 4.78 is 2.43. The third-order valence-corrected chi connectivity index (χ3v) is 3.31. The number of nitrogens with zero attached hydrogens (tertiary/aromatic N) is 3. The third kappa shape index (κ3) is 2.16. The van der Waals surface area contributed by atoms with E-state index in [0.717, 1.165) is 4.57 Å². The van der Waals surface area contributed by atoms with E-state index >= 15 is 0 Å². The van der Waals surface area contributed by atoms with Gasteiger partial charge in [0, 0.05) is 31.8 Å². The summed E-state index contributed by atoms with van der Waals surface area (Å²) in [5.74, 6) is -0.238. The number of hydrogen-bond acceptors (Lipinski definition) is 3. The molecule has 92 valence electrons. The van der Waals surface area contributed by atoms with Crippen LogP contribution in [0.2, 0.25) is 0 Å². The molecule has 0 spiro atoms. The molecule has 5 heteroatoms. The van der Waals surface area contributed by atoms with E-state index in [0.29, 0.717) is 5.56 Å². The smallest absolute Gasteiger partial charge is 0.303 e. The van der Waals surface area contributed by atoms with E-state index in [4.69, 9.17) is 5.26 Å². The summed E-state index contributed by atoms with van der Waals surface area (Å²) in [6.07, 6.45) is 1.52. The van der Waals surface area contributed by atoms with Gasteiger partial charge in [0.05, 0.1) is 11.5 Å². The summed E-state index contributed by atoms with van der Waals surface area (Å²) in [7, 11) is 3.04. The van der Waals surface area contributed by atoms with Gasteiger partial charge in [-0.1, -0.05) is 6.92 Å². The van der Waals surface area contributed by atoms with Crippen molar-refractivity contribution < 1.29 is 0 Å². The van der Waals surface area contributed by atoms with Gasteiger partial charge < -0.3 is 4.57 Å². The number of aromatic nitrogens is 2. The van der Waals surface area contributed by atoms with Gasteiger partial charge in [0.25, 0.3) is 5.56 Å². The molecule has 1 unspecified atom stereocenters. The van der Waals surface area contributed by atoms with Gasteiger partial charge in [0.15, 0.2) is 0 Å². The minimum Gasteiger partial charge on any atom is -0.303 e. The molecule has 0 fully saturated rings. The first kappa shape index (κ1) is 13.2. The van der Waals surface area contributed by atoms with Gasteiger partial charge in [-0.3, -0.25) is 9.36 Å². The minimum absolute atomic E-state index is 0.238. The molecule has 0 aliphatic heterocycles. The molecule has 0 radical (unpaired) electrons. The summed E-state index contributed by atoms with van der Waals surface area (Å²) in [4.78, 5) is 23.5. The molecule has 17 heavy (non-hydrogen) atoms. The van der Waals surface area contributed by atoms with Crippen LogP contribution in [0.4, 0.5) is 0 Å². The molecule has 1 rings (SSSR count). The molecule has 1 heterocycles. The zero-order valence-corrected chi connectivity index (χ0v) is 10.8. The highest BCUT2D eigenvalue weighted by Gasteiger charge is 2.29. The lowest BCUT2D eigenvalue weighted by atomic mass is 9.78. The van der Waals surface area contributed by atoms with Crippen LogP contribution >= 0.6 is 0 Å². The molecule has 0 N–H and O–H groups in total. The molecular weight excluding hydrogens is 218 g/mol. The lowest BCUT2D eigenvalue weighted by Gasteiger charge is -2.24. The maximum atomic E-state index is 12.0. The maximum absolute atomic E-state index is 12.0. The summed E-state index contributed by atoms with van der Waals surface area (Å²) in [5, 5.41) is 9.08. The molecule has 0 saturated carbocycles. The van der Waals surface area contributed by atoms with Crippen molar-refractivity contribution in [2.75, 3.05) is 0 Å². The Morgan fingerprint density at radius 3 is 2.35 bits per heavy atom. The van der Waals surface area contributed by atoms with Crippen LogP contribution in [0, 0.1) is 16.7 Å². The van der Waals surface area contributed by atoms with Gasteiger partial charge >= 0.3 is 5.69 Å². The summed E-state index contributed by atoms with van der Waals surface area (Å²) in [5.41, 5.74) is -0.852. The van der Waals surface area contributed by atoms with E-state index < -0.39 is 5.41 Å².